The summed E-state index contributed by atoms with van der Waals surface area (Å²) in [4.78, 5) is 37.5. The van der Waals surface area contributed by atoms with E-state index in [1.165, 1.54) is 0 Å². The molecule has 0 spiro atoms. The molecule has 1 saturated heterocycles. The van der Waals surface area contributed by atoms with Gasteiger partial charge in [0.25, 0.3) is 0 Å². The molecule has 2 rings (SSSR count). The van der Waals surface area contributed by atoms with Crippen LogP contribution >= 0.6 is 0 Å². The Morgan fingerprint density at radius 2 is 1.88 bits per heavy atom. The van der Waals surface area contributed by atoms with Crippen LogP contribution in [0.2, 0.25) is 0 Å². The van der Waals surface area contributed by atoms with Crippen LogP contribution in [0.15, 0.2) is 30.3 Å². The molecule has 25 heavy (non-hydrogen) atoms. The lowest BCUT2D eigenvalue weighted by atomic mass is 10.1. The number of amides is 3. The Kier molecular flexibility index (Phi) is 7.44. The van der Waals surface area contributed by atoms with Gasteiger partial charge in [0, 0.05) is 39.0 Å². The first-order valence-corrected chi connectivity index (χ1v) is 8.96. The number of hydrogen-bond acceptors (Lipinski definition) is 3. The number of nitrogens with one attached hydrogen (secondary N) is 2. The monoisotopic (exact) mass is 345 g/mol. The quantitative estimate of drug-likeness (QED) is 0.665. The Balaban J connectivity index is 1.68. The molecule has 0 aromatic heterocycles. The maximum Gasteiger partial charge on any atom is 0.225 e. The summed E-state index contributed by atoms with van der Waals surface area (Å²) >= 11 is 0. The lowest BCUT2D eigenvalue weighted by Gasteiger charge is -2.16. The van der Waals surface area contributed by atoms with Gasteiger partial charge in [-0.05, 0) is 12.0 Å². The van der Waals surface area contributed by atoms with Crippen LogP contribution in [-0.4, -0.2) is 42.3 Å². The van der Waals surface area contributed by atoms with Gasteiger partial charge in [-0.15, -0.1) is 0 Å². The van der Waals surface area contributed by atoms with Crippen molar-refractivity contribution < 1.29 is 14.4 Å². The van der Waals surface area contributed by atoms with Gasteiger partial charge in [-0.1, -0.05) is 43.7 Å². The highest BCUT2D eigenvalue weighted by atomic mass is 16.2. The van der Waals surface area contributed by atoms with Crippen molar-refractivity contribution in [3.05, 3.63) is 35.9 Å². The minimum absolute atomic E-state index is 0.0110. The average Bonchev–Trinajstić information content (AvgIpc) is 2.98. The van der Waals surface area contributed by atoms with Crippen LogP contribution < -0.4 is 10.6 Å². The number of hydrogen-bond donors (Lipinski definition) is 2. The summed E-state index contributed by atoms with van der Waals surface area (Å²) in [6.07, 6.45) is 2.64. The number of unbranched alkanes of at least 4 members (excludes halogenated alkanes) is 1. The van der Waals surface area contributed by atoms with Gasteiger partial charge < -0.3 is 15.5 Å². The fourth-order valence-electron chi connectivity index (χ4n) is 2.86. The van der Waals surface area contributed by atoms with Gasteiger partial charge in [0.2, 0.25) is 17.7 Å². The Bertz CT molecular complexity index is 589. The van der Waals surface area contributed by atoms with E-state index in [4.69, 9.17) is 0 Å². The second-order valence-corrected chi connectivity index (χ2v) is 6.41. The van der Waals surface area contributed by atoms with E-state index in [1.807, 2.05) is 37.3 Å². The SMILES string of the molecule is CCCCC(=O)NCCNC(=O)C1CC(=O)N(Cc2ccccc2)C1. The topological polar surface area (TPSA) is 78.5 Å². The first kappa shape index (κ1) is 19.0. The summed E-state index contributed by atoms with van der Waals surface area (Å²) in [5, 5.41) is 5.59. The molecule has 0 saturated carbocycles. The van der Waals surface area contributed by atoms with Crippen LogP contribution in [0.3, 0.4) is 0 Å². The van der Waals surface area contributed by atoms with Gasteiger partial charge in [0.05, 0.1) is 5.92 Å². The first-order chi connectivity index (χ1) is 12.1. The average molecular weight is 345 g/mol. The molecule has 1 fully saturated rings. The summed E-state index contributed by atoms with van der Waals surface area (Å²) in [5.41, 5.74) is 1.06. The van der Waals surface area contributed by atoms with E-state index in [-0.39, 0.29) is 30.1 Å². The van der Waals surface area contributed by atoms with Crippen molar-refractivity contribution in [2.75, 3.05) is 19.6 Å². The summed E-state index contributed by atoms with van der Waals surface area (Å²) in [6.45, 7) is 3.83. The molecule has 1 aliphatic rings. The normalized spacial score (nSPS) is 16.8. The number of rotatable bonds is 9. The van der Waals surface area contributed by atoms with Crippen molar-refractivity contribution in [3.8, 4) is 0 Å². The Morgan fingerprint density at radius 1 is 1.16 bits per heavy atom. The zero-order chi connectivity index (χ0) is 18.1. The van der Waals surface area contributed by atoms with E-state index in [1.54, 1.807) is 4.90 Å². The Hall–Kier alpha value is -2.37. The van der Waals surface area contributed by atoms with Gasteiger partial charge in [-0.2, -0.15) is 0 Å². The summed E-state index contributed by atoms with van der Waals surface area (Å²) in [6, 6.07) is 9.76. The maximum absolute atomic E-state index is 12.2. The van der Waals surface area contributed by atoms with E-state index in [2.05, 4.69) is 10.6 Å². The van der Waals surface area contributed by atoms with Crippen LogP contribution in [-0.2, 0) is 20.9 Å². The first-order valence-electron chi connectivity index (χ1n) is 8.96. The van der Waals surface area contributed by atoms with Crippen molar-refractivity contribution in [2.24, 2.45) is 5.92 Å². The van der Waals surface area contributed by atoms with Crippen molar-refractivity contribution >= 4 is 17.7 Å². The fourth-order valence-corrected chi connectivity index (χ4v) is 2.86. The molecule has 1 aliphatic heterocycles. The number of carbonyl (C=O) groups is 3. The molecule has 2 N–H and O–H groups in total. The van der Waals surface area contributed by atoms with E-state index in [9.17, 15) is 14.4 Å². The molecule has 1 unspecified atom stereocenters. The highest BCUT2D eigenvalue weighted by molar-refractivity contribution is 5.89. The van der Waals surface area contributed by atoms with Crippen LogP contribution in [0.4, 0.5) is 0 Å². The third kappa shape index (κ3) is 6.21. The molecule has 0 aliphatic carbocycles. The van der Waals surface area contributed by atoms with Crippen LogP contribution in [0, 0.1) is 5.92 Å². The van der Waals surface area contributed by atoms with Gasteiger partial charge in [0.15, 0.2) is 0 Å². The van der Waals surface area contributed by atoms with E-state index < -0.39 is 0 Å². The molecule has 1 heterocycles. The molecule has 6 nitrogen and oxygen atoms in total. The molecule has 1 aromatic rings. The number of nitrogens with zero attached hydrogens (tertiary/aromatic N) is 1. The number of likely N-dealkylation sites (tertiary alicyclic amines) is 1. The second kappa shape index (κ2) is 9.81. The van der Waals surface area contributed by atoms with Gasteiger partial charge in [-0.25, -0.2) is 0 Å². The molecule has 3 amide bonds. The molecule has 1 aromatic carbocycles. The van der Waals surface area contributed by atoms with Crippen LogP contribution in [0.25, 0.3) is 0 Å². The maximum atomic E-state index is 12.2. The zero-order valence-electron chi connectivity index (χ0n) is 14.8. The van der Waals surface area contributed by atoms with Gasteiger partial charge in [0.1, 0.15) is 0 Å². The van der Waals surface area contributed by atoms with E-state index >= 15 is 0 Å². The van der Waals surface area contributed by atoms with E-state index in [0.717, 1.165) is 18.4 Å². The Morgan fingerprint density at radius 3 is 2.60 bits per heavy atom. The highest BCUT2D eigenvalue weighted by Crippen LogP contribution is 2.20. The predicted octanol–water partition coefficient (Wildman–Crippen LogP) is 1.46. The van der Waals surface area contributed by atoms with Gasteiger partial charge >= 0.3 is 0 Å². The molecular formula is C19H27N3O3. The summed E-state index contributed by atoms with van der Waals surface area (Å²) in [5.74, 6) is -0.406. The smallest absolute Gasteiger partial charge is 0.225 e. The largest absolute Gasteiger partial charge is 0.354 e. The second-order valence-electron chi connectivity index (χ2n) is 6.41. The number of benzene rings is 1. The standard InChI is InChI=1S/C19H27N3O3/c1-2-3-9-17(23)20-10-11-21-19(25)16-12-18(24)22(14-16)13-15-7-5-4-6-8-15/h4-8,16H,2-3,9-14H2,1H3,(H,20,23)(H,21,25). The summed E-state index contributed by atoms with van der Waals surface area (Å²) < 4.78 is 0. The number of carbonyl (C=O) groups excluding carboxylic acids is 3. The predicted molar refractivity (Wildman–Crippen MR) is 95.5 cm³/mol. The third-order valence-corrected chi connectivity index (χ3v) is 4.31. The zero-order valence-corrected chi connectivity index (χ0v) is 14.8. The van der Waals surface area contributed by atoms with E-state index in [0.29, 0.717) is 32.6 Å². The van der Waals surface area contributed by atoms with Crippen molar-refractivity contribution in [1.82, 2.24) is 15.5 Å². The minimum Gasteiger partial charge on any atom is -0.354 e. The Labute approximate surface area is 149 Å². The third-order valence-electron chi connectivity index (χ3n) is 4.31. The van der Waals surface area contributed by atoms with Crippen molar-refractivity contribution in [1.29, 1.82) is 0 Å². The molecule has 0 radical (unpaired) electrons. The fraction of sp³-hybridized carbons (Fsp3) is 0.526. The molecular weight excluding hydrogens is 318 g/mol. The van der Waals surface area contributed by atoms with Gasteiger partial charge in [-0.3, -0.25) is 14.4 Å². The van der Waals surface area contributed by atoms with Crippen molar-refractivity contribution in [3.63, 3.8) is 0 Å². The minimum atomic E-state index is -0.313. The lowest BCUT2D eigenvalue weighted by molar-refractivity contribution is -0.129. The highest BCUT2D eigenvalue weighted by Gasteiger charge is 2.33. The van der Waals surface area contributed by atoms with Crippen LogP contribution in [0.1, 0.15) is 38.2 Å². The summed E-state index contributed by atoms with van der Waals surface area (Å²) in [7, 11) is 0. The lowest BCUT2D eigenvalue weighted by Crippen LogP contribution is -2.38. The molecule has 1 atom stereocenters. The van der Waals surface area contributed by atoms with Crippen molar-refractivity contribution in [2.45, 2.75) is 39.2 Å². The van der Waals surface area contributed by atoms with Crippen LogP contribution in [0.5, 0.6) is 0 Å². The molecule has 0 bridgehead atoms. The molecule has 136 valence electrons. The molecule has 6 heteroatoms.